The van der Waals surface area contributed by atoms with Crippen molar-refractivity contribution in [1.82, 2.24) is 5.43 Å². The third-order valence-electron chi connectivity index (χ3n) is 2.84. The van der Waals surface area contributed by atoms with E-state index in [9.17, 15) is 0 Å². The molecule has 0 spiro atoms. The average Bonchev–Trinajstić information content (AvgIpc) is 2.72. The maximum Gasteiger partial charge on any atom is 0.0701 e. The molecule has 0 fully saturated rings. The normalized spacial score (nSPS) is 12.7. The third kappa shape index (κ3) is 3.42. The molecule has 3 N–H and O–H groups in total. The summed E-state index contributed by atoms with van der Waals surface area (Å²) in [7, 11) is 0. The van der Waals surface area contributed by atoms with Crippen molar-refractivity contribution in [3.8, 4) is 0 Å². The van der Waals surface area contributed by atoms with Crippen LogP contribution in [0.25, 0.3) is 0 Å². The summed E-state index contributed by atoms with van der Waals surface area (Å²) in [5.74, 6) is 5.70. The van der Waals surface area contributed by atoms with Gasteiger partial charge in [-0.3, -0.25) is 11.3 Å². The molecule has 1 aromatic heterocycles. The van der Waals surface area contributed by atoms with Gasteiger partial charge in [-0.1, -0.05) is 22.0 Å². The number of rotatable bonds is 4. The lowest BCUT2D eigenvalue weighted by atomic mass is 9.99. The van der Waals surface area contributed by atoms with Crippen LogP contribution in [0.1, 0.15) is 22.0 Å². The fraction of sp³-hybridized carbons (Fsp3) is 0.231. The van der Waals surface area contributed by atoms with Crippen molar-refractivity contribution in [2.45, 2.75) is 19.4 Å². The maximum atomic E-state index is 5.70. The molecule has 1 aromatic carbocycles. The highest BCUT2D eigenvalue weighted by molar-refractivity contribution is 9.11. The molecule has 2 aromatic rings. The topological polar surface area (TPSA) is 38.0 Å². The van der Waals surface area contributed by atoms with Crippen LogP contribution in [0.4, 0.5) is 0 Å². The largest absolute Gasteiger partial charge is 0.271 e. The molecular formula is C13H14Br2N2S. The number of hydrazine groups is 1. The Morgan fingerprint density at radius 3 is 2.61 bits per heavy atom. The molecule has 96 valence electrons. The zero-order valence-corrected chi connectivity index (χ0v) is 13.9. The van der Waals surface area contributed by atoms with Gasteiger partial charge in [0.2, 0.25) is 0 Å². The summed E-state index contributed by atoms with van der Waals surface area (Å²) in [5, 5.41) is 0. The van der Waals surface area contributed by atoms with E-state index in [4.69, 9.17) is 5.84 Å². The van der Waals surface area contributed by atoms with Crippen LogP contribution in [0, 0.1) is 6.92 Å². The van der Waals surface area contributed by atoms with Crippen LogP contribution < -0.4 is 11.3 Å². The van der Waals surface area contributed by atoms with Crippen molar-refractivity contribution in [3.05, 3.63) is 54.6 Å². The van der Waals surface area contributed by atoms with Gasteiger partial charge in [-0.2, -0.15) is 0 Å². The Labute approximate surface area is 128 Å². The molecule has 0 aliphatic heterocycles. The summed E-state index contributed by atoms with van der Waals surface area (Å²) in [4.78, 5) is 1.31. The number of aryl methyl sites for hydroxylation is 1. The second-order valence-corrected chi connectivity index (χ2v) is 7.59. The first-order valence-electron chi connectivity index (χ1n) is 5.56. The summed E-state index contributed by atoms with van der Waals surface area (Å²) in [6, 6.07) is 10.6. The summed E-state index contributed by atoms with van der Waals surface area (Å²) in [6.45, 7) is 2.11. The maximum absolute atomic E-state index is 5.70. The van der Waals surface area contributed by atoms with E-state index in [0.29, 0.717) is 0 Å². The van der Waals surface area contributed by atoms with Gasteiger partial charge in [0.15, 0.2) is 0 Å². The van der Waals surface area contributed by atoms with Gasteiger partial charge in [0, 0.05) is 15.8 Å². The predicted molar refractivity (Wildman–Crippen MR) is 84.7 cm³/mol. The van der Waals surface area contributed by atoms with E-state index >= 15 is 0 Å². The van der Waals surface area contributed by atoms with Gasteiger partial charge in [0.1, 0.15) is 0 Å². The van der Waals surface area contributed by atoms with Crippen molar-refractivity contribution in [3.63, 3.8) is 0 Å². The lowest BCUT2D eigenvalue weighted by molar-refractivity contribution is 0.553. The molecule has 18 heavy (non-hydrogen) atoms. The number of hydrogen-bond donors (Lipinski definition) is 2. The molecule has 1 unspecified atom stereocenters. The number of halogens is 2. The van der Waals surface area contributed by atoms with Crippen molar-refractivity contribution in [1.29, 1.82) is 0 Å². The lowest BCUT2D eigenvalue weighted by Crippen LogP contribution is -2.29. The standard InChI is InChI=1S/C13H14Br2N2S/c1-8-6-9(14)2-4-11(8)12(17-16)7-10-3-5-13(15)18-10/h2-6,12,17H,7,16H2,1H3. The molecule has 0 radical (unpaired) electrons. The van der Waals surface area contributed by atoms with Crippen LogP contribution in [0.15, 0.2) is 38.6 Å². The van der Waals surface area contributed by atoms with Crippen LogP contribution in [-0.4, -0.2) is 0 Å². The minimum Gasteiger partial charge on any atom is -0.271 e. The smallest absolute Gasteiger partial charge is 0.0701 e. The number of thiophene rings is 1. The van der Waals surface area contributed by atoms with Gasteiger partial charge < -0.3 is 0 Å². The monoisotopic (exact) mass is 388 g/mol. The zero-order valence-electron chi connectivity index (χ0n) is 9.91. The van der Waals surface area contributed by atoms with Crippen molar-refractivity contribution in [2.75, 3.05) is 0 Å². The molecule has 2 rings (SSSR count). The minimum atomic E-state index is 0.142. The van der Waals surface area contributed by atoms with E-state index in [0.717, 1.165) is 14.7 Å². The Kier molecular flexibility index (Phi) is 4.98. The number of benzene rings is 1. The molecule has 0 aliphatic carbocycles. The van der Waals surface area contributed by atoms with Gasteiger partial charge in [0.05, 0.1) is 9.83 Å². The Morgan fingerprint density at radius 1 is 1.28 bits per heavy atom. The van der Waals surface area contributed by atoms with E-state index in [-0.39, 0.29) is 6.04 Å². The third-order valence-corrected chi connectivity index (χ3v) is 4.98. The van der Waals surface area contributed by atoms with Crippen LogP contribution in [-0.2, 0) is 6.42 Å². The Hall–Kier alpha value is -0.200. The molecule has 5 heteroatoms. The molecule has 0 amide bonds. The highest BCUT2D eigenvalue weighted by Gasteiger charge is 2.14. The summed E-state index contributed by atoms with van der Waals surface area (Å²) < 4.78 is 2.25. The Balaban J connectivity index is 2.22. The van der Waals surface area contributed by atoms with Crippen LogP contribution in [0.2, 0.25) is 0 Å². The first kappa shape index (κ1) is 14.2. The summed E-state index contributed by atoms with van der Waals surface area (Å²) >= 11 is 8.71. The van der Waals surface area contributed by atoms with Gasteiger partial charge in [0.25, 0.3) is 0 Å². The number of nitrogens with one attached hydrogen (secondary N) is 1. The van der Waals surface area contributed by atoms with E-state index in [1.54, 1.807) is 11.3 Å². The second-order valence-electron chi connectivity index (χ2n) is 4.13. The van der Waals surface area contributed by atoms with E-state index in [1.165, 1.54) is 16.0 Å². The van der Waals surface area contributed by atoms with Gasteiger partial charge >= 0.3 is 0 Å². The first-order valence-corrected chi connectivity index (χ1v) is 7.97. The van der Waals surface area contributed by atoms with Crippen LogP contribution in [0.3, 0.4) is 0 Å². The molecule has 2 nitrogen and oxygen atoms in total. The Morgan fingerprint density at radius 2 is 2.06 bits per heavy atom. The van der Waals surface area contributed by atoms with Gasteiger partial charge in [-0.05, 0) is 58.2 Å². The summed E-state index contributed by atoms with van der Waals surface area (Å²) in [5.41, 5.74) is 5.39. The minimum absolute atomic E-state index is 0.142. The van der Waals surface area contributed by atoms with Crippen molar-refractivity contribution in [2.24, 2.45) is 5.84 Å². The highest BCUT2D eigenvalue weighted by Crippen LogP contribution is 2.28. The van der Waals surface area contributed by atoms with Gasteiger partial charge in [-0.25, -0.2) is 0 Å². The lowest BCUT2D eigenvalue weighted by Gasteiger charge is -2.18. The fourth-order valence-electron chi connectivity index (χ4n) is 1.95. The summed E-state index contributed by atoms with van der Waals surface area (Å²) in [6.07, 6.45) is 0.898. The second kappa shape index (κ2) is 6.30. The molecule has 0 saturated carbocycles. The molecule has 0 aliphatic rings. The molecule has 0 saturated heterocycles. The first-order chi connectivity index (χ1) is 8.60. The molecule has 1 atom stereocenters. The number of nitrogens with two attached hydrogens (primary N) is 1. The highest BCUT2D eigenvalue weighted by atomic mass is 79.9. The van der Waals surface area contributed by atoms with E-state index in [2.05, 4.69) is 74.5 Å². The predicted octanol–water partition coefficient (Wildman–Crippen LogP) is 4.33. The van der Waals surface area contributed by atoms with Crippen molar-refractivity contribution < 1.29 is 0 Å². The zero-order chi connectivity index (χ0) is 13.1. The number of hydrogen-bond acceptors (Lipinski definition) is 3. The SMILES string of the molecule is Cc1cc(Br)ccc1C(Cc1ccc(Br)s1)NN. The van der Waals surface area contributed by atoms with Gasteiger partial charge in [-0.15, -0.1) is 11.3 Å². The van der Waals surface area contributed by atoms with Crippen LogP contribution in [0.5, 0.6) is 0 Å². The quantitative estimate of drug-likeness (QED) is 0.603. The fourth-order valence-corrected chi connectivity index (χ4v) is 3.96. The van der Waals surface area contributed by atoms with E-state index < -0.39 is 0 Å². The Bertz CT molecular complexity index is 540. The molecular weight excluding hydrogens is 376 g/mol. The average molecular weight is 390 g/mol. The molecule has 0 bridgehead atoms. The van der Waals surface area contributed by atoms with E-state index in [1.807, 2.05) is 0 Å². The van der Waals surface area contributed by atoms with Crippen LogP contribution >= 0.6 is 43.2 Å². The molecule has 1 heterocycles. The van der Waals surface area contributed by atoms with Crippen molar-refractivity contribution >= 4 is 43.2 Å².